The maximum absolute atomic E-state index is 11.4. The van der Waals surface area contributed by atoms with Crippen LogP contribution >= 0.6 is 0 Å². The average Bonchev–Trinajstić information content (AvgIpc) is 2.01. The van der Waals surface area contributed by atoms with Crippen molar-refractivity contribution in [1.29, 1.82) is 0 Å². The molecule has 76 valence electrons. The third-order valence-electron chi connectivity index (χ3n) is 2.01. The summed E-state index contributed by atoms with van der Waals surface area (Å²) in [6.45, 7) is 7.83. The monoisotopic (exact) mass is 191 g/mol. The number of carbonyl (C=O) groups is 1. The highest BCUT2D eigenvalue weighted by atomic mass is 16.1. The maximum Gasteiger partial charge on any atom is 0.226 e. The van der Waals surface area contributed by atoms with Crippen molar-refractivity contribution in [2.45, 2.75) is 27.7 Å². The van der Waals surface area contributed by atoms with Crippen molar-refractivity contribution in [3.63, 3.8) is 0 Å². The van der Waals surface area contributed by atoms with Crippen LogP contribution in [0.1, 0.15) is 25.0 Å². The van der Waals surface area contributed by atoms with Crippen molar-refractivity contribution in [3.8, 4) is 0 Å². The molecule has 1 aromatic rings. The molecule has 0 radical (unpaired) electrons. The van der Waals surface area contributed by atoms with Gasteiger partial charge in [0.25, 0.3) is 0 Å². The highest BCUT2D eigenvalue weighted by Crippen LogP contribution is 2.14. The molecule has 1 aromatic carbocycles. The predicted octanol–water partition coefficient (Wildman–Crippen LogP) is 2.90. The van der Waals surface area contributed by atoms with Gasteiger partial charge in [-0.3, -0.25) is 4.79 Å². The van der Waals surface area contributed by atoms with Crippen molar-refractivity contribution >= 4 is 11.6 Å². The SMILES string of the molecule is Cc1cc(C)cc(NC(=O)C(C)C)c1. The third-order valence-corrected chi connectivity index (χ3v) is 2.01. The van der Waals surface area contributed by atoms with E-state index in [1.54, 1.807) is 0 Å². The van der Waals surface area contributed by atoms with Crippen LogP contribution in [-0.4, -0.2) is 5.91 Å². The van der Waals surface area contributed by atoms with Gasteiger partial charge in [0.15, 0.2) is 0 Å². The van der Waals surface area contributed by atoms with Crippen LogP contribution in [0.3, 0.4) is 0 Å². The molecule has 0 aromatic heterocycles. The Morgan fingerprint density at radius 2 is 1.64 bits per heavy atom. The standard InChI is InChI=1S/C12H17NO/c1-8(2)12(14)13-11-6-9(3)5-10(4)7-11/h5-8H,1-4H3,(H,13,14). The van der Waals surface area contributed by atoms with Crippen molar-refractivity contribution in [3.05, 3.63) is 29.3 Å². The molecule has 0 heterocycles. The fraction of sp³-hybridized carbons (Fsp3) is 0.417. The van der Waals surface area contributed by atoms with Gasteiger partial charge in [0.1, 0.15) is 0 Å². The van der Waals surface area contributed by atoms with Gasteiger partial charge < -0.3 is 5.32 Å². The first-order chi connectivity index (χ1) is 6.49. The van der Waals surface area contributed by atoms with Crippen molar-refractivity contribution in [2.24, 2.45) is 5.92 Å². The highest BCUT2D eigenvalue weighted by molar-refractivity contribution is 5.92. The topological polar surface area (TPSA) is 29.1 Å². The highest BCUT2D eigenvalue weighted by Gasteiger charge is 2.06. The molecule has 0 unspecified atom stereocenters. The zero-order valence-electron chi connectivity index (χ0n) is 9.22. The number of aryl methyl sites for hydroxylation is 2. The summed E-state index contributed by atoms with van der Waals surface area (Å²) in [5.41, 5.74) is 3.23. The fourth-order valence-corrected chi connectivity index (χ4v) is 1.33. The van der Waals surface area contributed by atoms with E-state index in [0.29, 0.717) is 0 Å². The van der Waals surface area contributed by atoms with Crippen molar-refractivity contribution in [1.82, 2.24) is 0 Å². The van der Waals surface area contributed by atoms with E-state index in [1.165, 1.54) is 11.1 Å². The van der Waals surface area contributed by atoms with Gasteiger partial charge in [0, 0.05) is 11.6 Å². The molecule has 0 saturated carbocycles. The van der Waals surface area contributed by atoms with Gasteiger partial charge in [-0.05, 0) is 37.1 Å². The molecule has 0 aliphatic heterocycles. The van der Waals surface area contributed by atoms with Gasteiger partial charge in [-0.2, -0.15) is 0 Å². The van der Waals surface area contributed by atoms with Crippen LogP contribution < -0.4 is 5.32 Å². The second kappa shape index (κ2) is 4.27. The quantitative estimate of drug-likeness (QED) is 0.765. The Hall–Kier alpha value is -1.31. The van der Waals surface area contributed by atoms with Crippen LogP contribution in [0.5, 0.6) is 0 Å². The number of rotatable bonds is 2. The van der Waals surface area contributed by atoms with Gasteiger partial charge >= 0.3 is 0 Å². The smallest absolute Gasteiger partial charge is 0.226 e. The second-order valence-corrected chi connectivity index (χ2v) is 4.02. The summed E-state index contributed by atoms with van der Waals surface area (Å²) in [6, 6.07) is 6.05. The molecule has 0 saturated heterocycles. The molecule has 0 aliphatic rings. The van der Waals surface area contributed by atoms with Crippen LogP contribution in [0, 0.1) is 19.8 Å². The van der Waals surface area contributed by atoms with Gasteiger partial charge in [0.2, 0.25) is 5.91 Å². The Labute approximate surface area is 85.3 Å². The van der Waals surface area contributed by atoms with Crippen LogP contribution in [0.4, 0.5) is 5.69 Å². The van der Waals surface area contributed by atoms with Gasteiger partial charge in [-0.25, -0.2) is 0 Å². The molecule has 14 heavy (non-hydrogen) atoms. The van der Waals surface area contributed by atoms with Crippen LogP contribution in [0.25, 0.3) is 0 Å². The van der Waals surface area contributed by atoms with Crippen molar-refractivity contribution < 1.29 is 4.79 Å². The fourth-order valence-electron chi connectivity index (χ4n) is 1.33. The van der Waals surface area contributed by atoms with E-state index >= 15 is 0 Å². The van der Waals surface area contributed by atoms with E-state index in [4.69, 9.17) is 0 Å². The minimum absolute atomic E-state index is 0.0239. The molecule has 1 amide bonds. The lowest BCUT2D eigenvalue weighted by atomic mass is 10.1. The van der Waals surface area contributed by atoms with Crippen molar-refractivity contribution in [2.75, 3.05) is 5.32 Å². The number of benzene rings is 1. The number of hydrogen-bond donors (Lipinski definition) is 1. The van der Waals surface area contributed by atoms with Gasteiger partial charge in [-0.1, -0.05) is 19.9 Å². The van der Waals surface area contributed by atoms with E-state index in [9.17, 15) is 4.79 Å². The molecular weight excluding hydrogens is 174 g/mol. The Morgan fingerprint density at radius 3 is 2.07 bits per heavy atom. The first-order valence-electron chi connectivity index (χ1n) is 4.88. The molecule has 2 nitrogen and oxygen atoms in total. The number of carbonyl (C=O) groups excluding carboxylic acids is 1. The summed E-state index contributed by atoms with van der Waals surface area (Å²) in [4.78, 5) is 11.4. The molecule has 0 bridgehead atoms. The lowest BCUT2D eigenvalue weighted by Crippen LogP contribution is -2.17. The molecule has 2 heteroatoms. The number of amides is 1. The maximum atomic E-state index is 11.4. The molecule has 0 spiro atoms. The summed E-state index contributed by atoms with van der Waals surface area (Å²) in [5.74, 6) is 0.0887. The predicted molar refractivity (Wildman–Crippen MR) is 59.4 cm³/mol. The third kappa shape index (κ3) is 2.87. The van der Waals surface area contributed by atoms with Gasteiger partial charge in [-0.15, -0.1) is 0 Å². The van der Waals surface area contributed by atoms with E-state index in [1.807, 2.05) is 39.8 Å². The summed E-state index contributed by atoms with van der Waals surface area (Å²) in [6.07, 6.45) is 0. The molecule has 1 rings (SSSR count). The normalized spacial score (nSPS) is 10.4. The zero-order valence-corrected chi connectivity index (χ0v) is 9.22. The molecule has 1 N–H and O–H groups in total. The van der Waals surface area contributed by atoms with E-state index in [2.05, 4.69) is 11.4 Å². The number of anilines is 1. The molecular formula is C12H17NO. The van der Waals surface area contributed by atoms with E-state index in [-0.39, 0.29) is 11.8 Å². The number of hydrogen-bond acceptors (Lipinski definition) is 1. The Kier molecular flexibility index (Phi) is 3.28. The molecule has 0 aliphatic carbocycles. The Balaban J connectivity index is 2.82. The van der Waals surface area contributed by atoms with Crippen LogP contribution in [0.2, 0.25) is 0 Å². The van der Waals surface area contributed by atoms with E-state index < -0.39 is 0 Å². The lowest BCUT2D eigenvalue weighted by molar-refractivity contribution is -0.118. The van der Waals surface area contributed by atoms with Crippen LogP contribution in [0.15, 0.2) is 18.2 Å². The minimum Gasteiger partial charge on any atom is -0.326 e. The van der Waals surface area contributed by atoms with Gasteiger partial charge in [0.05, 0.1) is 0 Å². The minimum atomic E-state index is 0.0239. The molecule has 0 fully saturated rings. The first-order valence-corrected chi connectivity index (χ1v) is 4.88. The summed E-state index contributed by atoms with van der Waals surface area (Å²) < 4.78 is 0. The average molecular weight is 191 g/mol. The number of nitrogens with one attached hydrogen (secondary N) is 1. The van der Waals surface area contributed by atoms with Crippen LogP contribution in [-0.2, 0) is 4.79 Å². The lowest BCUT2D eigenvalue weighted by Gasteiger charge is -2.09. The largest absolute Gasteiger partial charge is 0.326 e. The Morgan fingerprint density at radius 1 is 1.14 bits per heavy atom. The Bertz CT molecular complexity index is 322. The van der Waals surface area contributed by atoms with E-state index in [0.717, 1.165) is 5.69 Å². The summed E-state index contributed by atoms with van der Waals surface area (Å²) >= 11 is 0. The second-order valence-electron chi connectivity index (χ2n) is 4.02. The zero-order chi connectivity index (χ0) is 10.7. The molecule has 0 atom stereocenters. The first kappa shape index (κ1) is 10.8. The summed E-state index contributed by atoms with van der Waals surface area (Å²) in [5, 5.41) is 2.88. The summed E-state index contributed by atoms with van der Waals surface area (Å²) in [7, 11) is 0.